The summed E-state index contributed by atoms with van der Waals surface area (Å²) >= 11 is 3.18. The molecular weight excluding hydrogens is 302 g/mol. The number of hydrogen-bond acceptors (Lipinski definition) is 4. The van der Waals surface area contributed by atoms with E-state index in [4.69, 9.17) is 0 Å². The fourth-order valence-corrected chi connectivity index (χ4v) is 1.71. The number of amides is 1. The van der Waals surface area contributed by atoms with Gasteiger partial charge in [0.15, 0.2) is 0 Å². The highest BCUT2D eigenvalue weighted by Gasteiger charge is 2.22. The van der Waals surface area contributed by atoms with Crippen LogP contribution in [0.3, 0.4) is 0 Å². The molecule has 1 N–H and O–H groups in total. The van der Waals surface area contributed by atoms with Gasteiger partial charge in [-0.05, 0) is 29.3 Å². The van der Waals surface area contributed by atoms with Gasteiger partial charge in [-0.1, -0.05) is 13.3 Å². The predicted octanol–water partition coefficient (Wildman–Crippen LogP) is 3.19. The minimum atomic E-state index is -0.539. The van der Waals surface area contributed by atoms with Crippen molar-refractivity contribution < 1.29 is 9.72 Å². The van der Waals surface area contributed by atoms with Crippen LogP contribution in [0.25, 0.3) is 0 Å². The molecule has 0 radical (unpaired) electrons. The van der Waals surface area contributed by atoms with Crippen molar-refractivity contribution in [3.8, 4) is 0 Å². The number of carbonyl (C=O) groups excluding carboxylic acids is 1. The molecule has 6 nitrogen and oxygen atoms in total. The number of nitrogens with zero attached hydrogens (tertiary/aromatic N) is 2. The maximum Gasteiger partial charge on any atom is 0.315 e. The summed E-state index contributed by atoms with van der Waals surface area (Å²) in [5, 5.41) is 13.5. The average Bonchev–Trinajstić information content (AvgIpc) is 2.31. The lowest BCUT2D eigenvalue weighted by Crippen LogP contribution is -2.14. The van der Waals surface area contributed by atoms with Gasteiger partial charge in [-0.2, -0.15) is 0 Å². The standard InChI is InChI=1S/C11H14BrN3O3/c1-3-4-5-9(16)14-11-10(15(17)18)7(2)8(12)6-13-11/h6H,3-5H2,1-2H3,(H,13,14,16). The number of unbranched alkanes of at least 4 members (excludes halogenated alkanes) is 1. The van der Waals surface area contributed by atoms with E-state index in [1.54, 1.807) is 6.92 Å². The quantitative estimate of drug-likeness (QED) is 0.668. The zero-order chi connectivity index (χ0) is 13.7. The van der Waals surface area contributed by atoms with Gasteiger partial charge in [-0.3, -0.25) is 14.9 Å². The molecule has 1 rings (SSSR count). The number of anilines is 1. The number of aromatic nitrogens is 1. The van der Waals surface area contributed by atoms with Crippen molar-refractivity contribution in [3.63, 3.8) is 0 Å². The van der Waals surface area contributed by atoms with E-state index in [1.165, 1.54) is 6.20 Å². The molecule has 1 heterocycles. The van der Waals surface area contributed by atoms with E-state index in [0.717, 1.165) is 12.8 Å². The van der Waals surface area contributed by atoms with Gasteiger partial charge in [-0.25, -0.2) is 4.98 Å². The van der Waals surface area contributed by atoms with E-state index in [2.05, 4.69) is 26.2 Å². The third-order valence-corrected chi connectivity index (χ3v) is 3.24. The number of nitrogens with one attached hydrogen (secondary N) is 1. The molecule has 18 heavy (non-hydrogen) atoms. The summed E-state index contributed by atoms with van der Waals surface area (Å²) in [5.74, 6) is -0.254. The van der Waals surface area contributed by atoms with Gasteiger partial charge in [-0.15, -0.1) is 0 Å². The van der Waals surface area contributed by atoms with E-state index < -0.39 is 4.92 Å². The van der Waals surface area contributed by atoms with Crippen LogP contribution in [0.5, 0.6) is 0 Å². The van der Waals surface area contributed by atoms with E-state index in [9.17, 15) is 14.9 Å². The molecule has 0 saturated carbocycles. The third-order valence-electron chi connectivity index (χ3n) is 2.44. The lowest BCUT2D eigenvalue weighted by Gasteiger charge is -2.07. The van der Waals surface area contributed by atoms with Gasteiger partial charge < -0.3 is 5.32 Å². The summed E-state index contributed by atoms with van der Waals surface area (Å²) in [6, 6.07) is 0. The Morgan fingerprint density at radius 2 is 2.28 bits per heavy atom. The summed E-state index contributed by atoms with van der Waals surface area (Å²) in [6.45, 7) is 3.57. The number of carbonyl (C=O) groups is 1. The molecule has 1 aromatic heterocycles. The molecule has 7 heteroatoms. The van der Waals surface area contributed by atoms with Gasteiger partial charge in [0.05, 0.1) is 4.92 Å². The molecule has 1 aromatic rings. The lowest BCUT2D eigenvalue weighted by molar-refractivity contribution is -0.384. The Morgan fingerprint density at radius 3 is 2.83 bits per heavy atom. The lowest BCUT2D eigenvalue weighted by atomic mass is 10.2. The predicted molar refractivity (Wildman–Crippen MR) is 71.5 cm³/mol. The van der Waals surface area contributed by atoms with Gasteiger partial charge in [0.2, 0.25) is 11.7 Å². The molecule has 0 aliphatic rings. The molecule has 0 saturated heterocycles. The number of pyridine rings is 1. The highest BCUT2D eigenvalue weighted by Crippen LogP contribution is 2.31. The van der Waals surface area contributed by atoms with Crippen LogP contribution in [0, 0.1) is 17.0 Å². The third kappa shape index (κ3) is 3.49. The molecule has 0 bridgehead atoms. The second kappa shape index (κ2) is 6.44. The average molecular weight is 316 g/mol. The Hall–Kier alpha value is -1.50. The van der Waals surface area contributed by atoms with Crippen LogP contribution in [0.2, 0.25) is 0 Å². The minimum Gasteiger partial charge on any atom is -0.305 e. The second-order valence-corrected chi connectivity index (χ2v) is 4.69. The molecule has 1 amide bonds. The normalized spacial score (nSPS) is 10.2. The van der Waals surface area contributed by atoms with Crippen LogP contribution in [0.4, 0.5) is 11.5 Å². The Bertz CT molecular complexity index is 477. The van der Waals surface area contributed by atoms with Crippen LogP contribution in [0.15, 0.2) is 10.7 Å². The largest absolute Gasteiger partial charge is 0.315 e. The topological polar surface area (TPSA) is 85.1 Å². The smallest absolute Gasteiger partial charge is 0.305 e. The first-order chi connectivity index (χ1) is 8.47. The SMILES string of the molecule is CCCCC(=O)Nc1ncc(Br)c(C)c1[N+](=O)[O-]. The minimum absolute atomic E-state index is 0.00167. The molecule has 98 valence electrons. The van der Waals surface area contributed by atoms with Crippen LogP contribution in [-0.4, -0.2) is 15.8 Å². The zero-order valence-electron chi connectivity index (χ0n) is 10.2. The van der Waals surface area contributed by atoms with Crippen molar-refractivity contribution in [2.24, 2.45) is 0 Å². The Balaban J connectivity index is 2.99. The summed E-state index contributed by atoms with van der Waals surface area (Å²) < 4.78 is 0.542. The van der Waals surface area contributed by atoms with Crippen molar-refractivity contribution in [2.45, 2.75) is 33.1 Å². The molecule has 0 fully saturated rings. The number of halogens is 1. The molecule has 0 atom stereocenters. The van der Waals surface area contributed by atoms with Gasteiger partial charge in [0, 0.05) is 22.7 Å². The highest BCUT2D eigenvalue weighted by atomic mass is 79.9. The Morgan fingerprint density at radius 1 is 1.61 bits per heavy atom. The van der Waals surface area contributed by atoms with Crippen LogP contribution in [-0.2, 0) is 4.79 Å². The maximum atomic E-state index is 11.6. The van der Waals surface area contributed by atoms with Crippen molar-refractivity contribution >= 4 is 33.3 Å². The maximum absolute atomic E-state index is 11.6. The van der Waals surface area contributed by atoms with E-state index in [0.29, 0.717) is 16.5 Å². The van der Waals surface area contributed by atoms with Crippen molar-refractivity contribution in [1.29, 1.82) is 0 Å². The molecule has 0 spiro atoms. The first-order valence-corrected chi connectivity index (χ1v) is 6.36. The van der Waals surface area contributed by atoms with Crippen LogP contribution >= 0.6 is 15.9 Å². The Kier molecular flexibility index (Phi) is 5.21. The monoisotopic (exact) mass is 315 g/mol. The van der Waals surface area contributed by atoms with Crippen molar-refractivity contribution in [2.75, 3.05) is 5.32 Å². The van der Waals surface area contributed by atoms with E-state index in [1.807, 2.05) is 6.92 Å². The van der Waals surface area contributed by atoms with Crippen molar-refractivity contribution in [3.05, 3.63) is 26.3 Å². The molecular formula is C11H14BrN3O3. The van der Waals surface area contributed by atoms with Gasteiger partial charge in [0.1, 0.15) is 0 Å². The van der Waals surface area contributed by atoms with Gasteiger partial charge >= 0.3 is 5.69 Å². The first-order valence-electron chi connectivity index (χ1n) is 5.56. The number of hydrogen-bond donors (Lipinski definition) is 1. The molecule has 0 unspecified atom stereocenters. The molecule has 0 aromatic carbocycles. The summed E-state index contributed by atoms with van der Waals surface area (Å²) in [5.41, 5.74) is 0.273. The summed E-state index contributed by atoms with van der Waals surface area (Å²) in [6.07, 6.45) is 3.42. The summed E-state index contributed by atoms with van der Waals surface area (Å²) in [4.78, 5) is 25.9. The first kappa shape index (κ1) is 14.6. The molecule has 0 aliphatic heterocycles. The zero-order valence-corrected chi connectivity index (χ0v) is 11.8. The Labute approximate surface area is 113 Å². The fourth-order valence-electron chi connectivity index (χ4n) is 1.42. The van der Waals surface area contributed by atoms with E-state index >= 15 is 0 Å². The van der Waals surface area contributed by atoms with E-state index in [-0.39, 0.29) is 17.4 Å². The second-order valence-electron chi connectivity index (χ2n) is 3.84. The van der Waals surface area contributed by atoms with Crippen molar-refractivity contribution in [1.82, 2.24) is 4.98 Å². The van der Waals surface area contributed by atoms with Crippen LogP contribution in [0.1, 0.15) is 31.7 Å². The number of nitro groups is 1. The van der Waals surface area contributed by atoms with Gasteiger partial charge in [0.25, 0.3) is 0 Å². The highest BCUT2D eigenvalue weighted by molar-refractivity contribution is 9.10. The summed E-state index contributed by atoms with van der Waals surface area (Å²) in [7, 11) is 0. The fraction of sp³-hybridized carbons (Fsp3) is 0.455. The van der Waals surface area contributed by atoms with Crippen LogP contribution < -0.4 is 5.32 Å². The number of rotatable bonds is 5. The molecule has 0 aliphatic carbocycles.